The molecule has 0 spiro atoms. The molecule has 9 heteroatoms. The van der Waals surface area contributed by atoms with E-state index in [1.807, 2.05) is 44.2 Å². The molecule has 160 valence electrons. The van der Waals surface area contributed by atoms with Gasteiger partial charge in [-0.25, -0.2) is 9.97 Å². The number of benzene rings is 1. The first kappa shape index (κ1) is 20.4. The van der Waals surface area contributed by atoms with Gasteiger partial charge in [0, 0.05) is 24.4 Å². The van der Waals surface area contributed by atoms with Gasteiger partial charge in [0.2, 0.25) is 11.8 Å². The van der Waals surface area contributed by atoms with Crippen molar-refractivity contribution in [3.05, 3.63) is 53.6 Å². The van der Waals surface area contributed by atoms with E-state index in [1.54, 1.807) is 32.0 Å². The second kappa shape index (κ2) is 8.47. The maximum atomic E-state index is 5.47. The number of aromatic nitrogens is 5. The number of rotatable bonds is 7. The predicted octanol–water partition coefficient (Wildman–Crippen LogP) is 3.44. The number of aryl methyl sites for hydroxylation is 2. The largest absolute Gasteiger partial charge is 0.493 e. The van der Waals surface area contributed by atoms with E-state index < -0.39 is 0 Å². The van der Waals surface area contributed by atoms with Gasteiger partial charge in [-0.05, 0) is 37.1 Å². The Hall–Kier alpha value is -3.88. The summed E-state index contributed by atoms with van der Waals surface area (Å²) < 4.78 is 17.7. The Morgan fingerprint density at radius 1 is 0.935 bits per heavy atom. The molecule has 0 atom stereocenters. The molecule has 4 rings (SSSR count). The van der Waals surface area contributed by atoms with Crippen LogP contribution in [-0.2, 0) is 6.54 Å². The van der Waals surface area contributed by atoms with Crippen molar-refractivity contribution in [3.63, 3.8) is 0 Å². The fourth-order valence-corrected chi connectivity index (χ4v) is 3.41. The minimum atomic E-state index is 0.535. The Kier molecular flexibility index (Phi) is 5.57. The number of nitrogens with zero attached hydrogens (tertiary/aromatic N) is 5. The number of ether oxygens (including phenoxy) is 3. The standard InChI is InChI=1S/C22H24N6O3/c1-13-20(16-7-8-17(29-3)18(10-16)30-4)21-25-14(2)26-22(28(21)27-13)24-12-15-6-9-19(31-5)23-11-15/h6-11H,12H2,1-5H3,(H,24,25,26). The first-order valence-corrected chi connectivity index (χ1v) is 9.73. The molecule has 0 unspecified atom stereocenters. The van der Waals surface area contributed by atoms with E-state index in [9.17, 15) is 0 Å². The summed E-state index contributed by atoms with van der Waals surface area (Å²) in [5, 5.41) is 8.03. The van der Waals surface area contributed by atoms with Crippen LogP contribution < -0.4 is 19.5 Å². The molecule has 0 fully saturated rings. The summed E-state index contributed by atoms with van der Waals surface area (Å²) >= 11 is 0. The number of nitrogens with one attached hydrogen (secondary N) is 1. The molecule has 1 aromatic carbocycles. The summed E-state index contributed by atoms with van der Waals surface area (Å²) in [6, 6.07) is 9.55. The third-order valence-corrected chi connectivity index (χ3v) is 4.90. The topological polar surface area (TPSA) is 95.7 Å². The zero-order valence-electron chi connectivity index (χ0n) is 18.1. The second-order valence-corrected chi connectivity index (χ2v) is 6.92. The molecule has 0 bridgehead atoms. The lowest BCUT2D eigenvalue weighted by Gasteiger charge is -2.10. The molecule has 9 nitrogen and oxygen atoms in total. The van der Waals surface area contributed by atoms with Crippen LogP contribution in [0.15, 0.2) is 36.5 Å². The highest BCUT2D eigenvalue weighted by molar-refractivity contribution is 5.81. The summed E-state index contributed by atoms with van der Waals surface area (Å²) in [6.45, 7) is 4.35. The van der Waals surface area contributed by atoms with E-state index in [4.69, 9.17) is 14.2 Å². The van der Waals surface area contributed by atoms with Crippen molar-refractivity contribution in [2.24, 2.45) is 0 Å². The number of hydrogen-bond donors (Lipinski definition) is 1. The molecule has 1 N–H and O–H groups in total. The van der Waals surface area contributed by atoms with Crippen LogP contribution in [0.5, 0.6) is 17.4 Å². The molecule has 0 radical (unpaired) electrons. The Morgan fingerprint density at radius 2 is 1.74 bits per heavy atom. The highest BCUT2D eigenvalue weighted by Gasteiger charge is 2.18. The van der Waals surface area contributed by atoms with Gasteiger partial charge in [0.25, 0.3) is 0 Å². The normalized spacial score (nSPS) is 10.9. The number of methoxy groups -OCH3 is 3. The lowest BCUT2D eigenvalue weighted by Crippen LogP contribution is -2.10. The Labute approximate surface area is 180 Å². The van der Waals surface area contributed by atoms with Crippen molar-refractivity contribution in [3.8, 4) is 28.5 Å². The van der Waals surface area contributed by atoms with Crippen LogP contribution in [0.2, 0.25) is 0 Å². The SMILES string of the molecule is COc1ccc(CNc2nc(C)nc3c(-c4ccc(OC)c(OC)c4)c(C)nn23)cn1. The maximum Gasteiger partial charge on any atom is 0.227 e. The zero-order valence-corrected chi connectivity index (χ0v) is 18.1. The molecule has 4 aromatic rings. The molecule has 0 aliphatic heterocycles. The second-order valence-electron chi connectivity index (χ2n) is 6.92. The lowest BCUT2D eigenvalue weighted by atomic mass is 10.1. The van der Waals surface area contributed by atoms with Crippen molar-refractivity contribution < 1.29 is 14.2 Å². The number of fused-ring (bicyclic) bond motifs is 1. The lowest BCUT2D eigenvalue weighted by molar-refractivity contribution is 0.355. The van der Waals surface area contributed by atoms with E-state index in [0.29, 0.717) is 41.3 Å². The summed E-state index contributed by atoms with van der Waals surface area (Å²) in [7, 11) is 4.83. The summed E-state index contributed by atoms with van der Waals surface area (Å²) in [5.74, 6) is 3.14. The maximum absolute atomic E-state index is 5.47. The Bertz CT molecular complexity index is 1220. The van der Waals surface area contributed by atoms with Crippen LogP contribution >= 0.6 is 0 Å². The van der Waals surface area contributed by atoms with Gasteiger partial charge in [0.15, 0.2) is 17.1 Å². The average Bonchev–Trinajstić information content (AvgIpc) is 3.12. The van der Waals surface area contributed by atoms with Crippen LogP contribution in [0.4, 0.5) is 5.95 Å². The quantitative estimate of drug-likeness (QED) is 0.486. The van der Waals surface area contributed by atoms with Gasteiger partial charge in [-0.3, -0.25) is 0 Å². The first-order valence-electron chi connectivity index (χ1n) is 9.73. The van der Waals surface area contributed by atoms with E-state index in [-0.39, 0.29) is 0 Å². The summed E-state index contributed by atoms with van der Waals surface area (Å²) in [6.07, 6.45) is 1.76. The zero-order chi connectivity index (χ0) is 22.0. The van der Waals surface area contributed by atoms with Gasteiger partial charge < -0.3 is 19.5 Å². The van der Waals surface area contributed by atoms with Crippen LogP contribution in [0.3, 0.4) is 0 Å². The van der Waals surface area contributed by atoms with Crippen LogP contribution in [0.25, 0.3) is 16.8 Å². The molecule has 3 aromatic heterocycles. The molecule has 0 aliphatic carbocycles. The summed E-state index contributed by atoms with van der Waals surface area (Å²) in [4.78, 5) is 13.4. The molecular formula is C22H24N6O3. The predicted molar refractivity (Wildman–Crippen MR) is 117 cm³/mol. The fraction of sp³-hybridized carbons (Fsp3) is 0.273. The first-order chi connectivity index (χ1) is 15.0. The minimum absolute atomic E-state index is 0.535. The molecule has 0 amide bonds. The van der Waals surface area contributed by atoms with Crippen LogP contribution in [0.1, 0.15) is 17.1 Å². The van der Waals surface area contributed by atoms with Crippen molar-refractivity contribution in [2.45, 2.75) is 20.4 Å². The molecule has 0 saturated heterocycles. The third kappa shape index (κ3) is 3.94. The Balaban J connectivity index is 1.73. The van der Waals surface area contributed by atoms with Crippen molar-refractivity contribution in [1.29, 1.82) is 0 Å². The van der Waals surface area contributed by atoms with E-state index in [1.165, 1.54) is 0 Å². The van der Waals surface area contributed by atoms with Crippen LogP contribution in [0, 0.1) is 13.8 Å². The van der Waals surface area contributed by atoms with Gasteiger partial charge in [0.05, 0.1) is 27.0 Å². The Morgan fingerprint density at radius 3 is 2.42 bits per heavy atom. The smallest absolute Gasteiger partial charge is 0.227 e. The average molecular weight is 420 g/mol. The van der Waals surface area contributed by atoms with E-state index in [0.717, 1.165) is 22.4 Å². The summed E-state index contributed by atoms with van der Waals surface area (Å²) in [5.41, 5.74) is 4.40. The van der Waals surface area contributed by atoms with E-state index in [2.05, 4.69) is 25.4 Å². The molecule has 31 heavy (non-hydrogen) atoms. The monoisotopic (exact) mass is 420 g/mol. The van der Waals surface area contributed by atoms with E-state index >= 15 is 0 Å². The number of pyridine rings is 1. The van der Waals surface area contributed by atoms with Gasteiger partial charge >= 0.3 is 0 Å². The molecule has 3 heterocycles. The van der Waals surface area contributed by atoms with Crippen molar-refractivity contribution >= 4 is 11.6 Å². The fourth-order valence-electron chi connectivity index (χ4n) is 3.41. The third-order valence-electron chi connectivity index (χ3n) is 4.90. The highest BCUT2D eigenvalue weighted by atomic mass is 16.5. The van der Waals surface area contributed by atoms with Crippen LogP contribution in [-0.4, -0.2) is 45.9 Å². The minimum Gasteiger partial charge on any atom is -0.493 e. The number of hydrogen-bond acceptors (Lipinski definition) is 8. The van der Waals surface area contributed by atoms with Crippen molar-refractivity contribution in [2.75, 3.05) is 26.6 Å². The van der Waals surface area contributed by atoms with Gasteiger partial charge in [0.1, 0.15) is 5.82 Å². The molecular weight excluding hydrogens is 396 g/mol. The van der Waals surface area contributed by atoms with Gasteiger partial charge in [-0.1, -0.05) is 12.1 Å². The van der Waals surface area contributed by atoms with Gasteiger partial charge in [-0.15, -0.1) is 0 Å². The van der Waals surface area contributed by atoms with Gasteiger partial charge in [-0.2, -0.15) is 14.6 Å². The highest BCUT2D eigenvalue weighted by Crippen LogP contribution is 2.35. The molecule has 0 saturated carbocycles. The number of anilines is 1. The van der Waals surface area contributed by atoms with Crippen molar-refractivity contribution in [1.82, 2.24) is 24.6 Å². The molecule has 0 aliphatic rings.